The lowest BCUT2D eigenvalue weighted by Crippen LogP contribution is -2.50. The molecule has 1 aliphatic rings. The molecular formula is C28H40N4O4. The highest BCUT2D eigenvalue weighted by Crippen LogP contribution is 2.25. The molecule has 1 aromatic heterocycles. The number of ether oxygens (including phenoxy) is 1. The number of urea groups is 1. The van der Waals surface area contributed by atoms with Gasteiger partial charge >= 0.3 is 12.0 Å². The number of aromatic nitrogens is 1. The number of nitrogens with zero attached hydrogens (tertiary/aromatic N) is 3. The molecule has 1 aliphatic carbocycles. The van der Waals surface area contributed by atoms with Gasteiger partial charge in [-0.15, -0.1) is 0 Å². The van der Waals surface area contributed by atoms with Crippen molar-refractivity contribution in [2.75, 3.05) is 26.2 Å². The van der Waals surface area contributed by atoms with Gasteiger partial charge in [0, 0.05) is 31.0 Å². The van der Waals surface area contributed by atoms with Crippen LogP contribution in [0.3, 0.4) is 0 Å². The van der Waals surface area contributed by atoms with Crippen LogP contribution in [0.25, 0.3) is 0 Å². The minimum absolute atomic E-state index is 0.0155. The topological polar surface area (TPSA) is 83.9 Å². The van der Waals surface area contributed by atoms with Gasteiger partial charge in [0.05, 0.1) is 13.2 Å². The highest BCUT2D eigenvalue weighted by atomic mass is 16.5. The summed E-state index contributed by atoms with van der Waals surface area (Å²) in [4.78, 5) is 41.6. The fourth-order valence-electron chi connectivity index (χ4n) is 4.76. The lowest BCUT2D eigenvalue weighted by atomic mass is 9.94. The predicted molar refractivity (Wildman–Crippen MR) is 139 cm³/mol. The Bertz CT molecular complexity index is 969. The molecule has 0 radical (unpaired) electrons. The molecule has 1 N–H and O–H groups in total. The van der Waals surface area contributed by atoms with Crippen molar-refractivity contribution in [3.05, 3.63) is 59.9 Å². The summed E-state index contributed by atoms with van der Waals surface area (Å²) in [5.74, 6) is -0.550. The lowest BCUT2D eigenvalue weighted by molar-refractivity contribution is -0.141. The zero-order chi connectivity index (χ0) is 25.8. The van der Waals surface area contributed by atoms with Crippen molar-refractivity contribution in [1.82, 2.24) is 19.7 Å². The van der Waals surface area contributed by atoms with Crippen molar-refractivity contribution < 1.29 is 19.1 Å². The molecule has 0 spiro atoms. The third-order valence-electron chi connectivity index (χ3n) is 6.58. The predicted octanol–water partition coefficient (Wildman–Crippen LogP) is 4.18. The zero-order valence-corrected chi connectivity index (χ0v) is 21.7. The molecule has 3 amide bonds. The summed E-state index contributed by atoms with van der Waals surface area (Å²) in [6.45, 7) is 5.40. The van der Waals surface area contributed by atoms with Crippen LogP contribution in [-0.2, 0) is 27.4 Å². The van der Waals surface area contributed by atoms with Crippen LogP contribution in [0.2, 0.25) is 0 Å². The highest BCUT2D eigenvalue weighted by Gasteiger charge is 2.28. The molecule has 8 nitrogen and oxygen atoms in total. The second-order valence-electron chi connectivity index (χ2n) is 9.31. The Morgan fingerprint density at radius 3 is 2.47 bits per heavy atom. The van der Waals surface area contributed by atoms with Crippen molar-refractivity contribution in [2.45, 2.75) is 71.5 Å². The van der Waals surface area contributed by atoms with Gasteiger partial charge in [-0.25, -0.2) is 4.79 Å². The van der Waals surface area contributed by atoms with Crippen LogP contribution in [-0.4, -0.2) is 64.6 Å². The maximum absolute atomic E-state index is 13.7. The van der Waals surface area contributed by atoms with Gasteiger partial charge in [0.1, 0.15) is 13.1 Å². The molecule has 36 heavy (non-hydrogen) atoms. The Kier molecular flexibility index (Phi) is 10.9. The van der Waals surface area contributed by atoms with Crippen molar-refractivity contribution in [1.29, 1.82) is 0 Å². The van der Waals surface area contributed by atoms with Crippen LogP contribution in [0.15, 0.2) is 48.7 Å². The van der Waals surface area contributed by atoms with Crippen molar-refractivity contribution in [3.63, 3.8) is 0 Å². The van der Waals surface area contributed by atoms with E-state index < -0.39 is 12.0 Å². The molecule has 196 valence electrons. The first kappa shape index (κ1) is 27.3. The summed E-state index contributed by atoms with van der Waals surface area (Å²) in [7, 11) is 0. The Balaban J connectivity index is 1.72. The Morgan fingerprint density at radius 1 is 1.03 bits per heavy atom. The third kappa shape index (κ3) is 8.14. The Labute approximate surface area is 214 Å². The molecule has 0 unspecified atom stereocenters. The van der Waals surface area contributed by atoms with E-state index in [4.69, 9.17) is 4.74 Å². The number of esters is 1. The minimum Gasteiger partial charge on any atom is -0.465 e. The molecule has 0 atom stereocenters. The molecule has 1 saturated carbocycles. The van der Waals surface area contributed by atoms with Gasteiger partial charge < -0.3 is 24.4 Å². The Morgan fingerprint density at radius 2 is 1.78 bits per heavy atom. The fourth-order valence-corrected chi connectivity index (χ4v) is 4.76. The normalized spacial score (nSPS) is 13.7. The van der Waals surface area contributed by atoms with E-state index in [1.807, 2.05) is 36.1 Å². The Hall–Kier alpha value is -3.29. The monoisotopic (exact) mass is 496 g/mol. The molecule has 1 fully saturated rings. The SMILES string of the molecule is CCCN(CC(=O)N(Cc1cccn1Cc1ccccc1)C1CCCCC1)C(=O)NCC(=O)OCC. The summed E-state index contributed by atoms with van der Waals surface area (Å²) < 4.78 is 7.08. The van der Waals surface area contributed by atoms with E-state index >= 15 is 0 Å². The molecule has 3 rings (SSSR count). The summed E-state index contributed by atoms with van der Waals surface area (Å²) >= 11 is 0. The second-order valence-corrected chi connectivity index (χ2v) is 9.31. The number of amides is 3. The van der Waals surface area contributed by atoms with Gasteiger partial charge in [0.25, 0.3) is 0 Å². The quantitative estimate of drug-likeness (QED) is 0.447. The molecule has 1 aromatic carbocycles. The van der Waals surface area contributed by atoms with E-state index in [1.165, 1.54) is 16.9 Å². The summed E-state index contributed by atoms with van der Waals surface area (Å²) in [5.41, 5.74) is 2.28. The first-order valence-corrected chi connectivity index (χ1v) is 13.2. The van der Waals surface area contributed by atoms with Crippen LogP contribution in [0.4, 0.5) is 4.79 Å². The maximum Gasteiger partial charge on any atom is 0.325 e. The van der Waals surface area contributed by atoms with Gasteiger partial charge in [-0.1, -0.05) is 56.5 Å². The smallest absolute Gasteiger partial charge is 0.325 e. The molecular weight excluding hydrogens is 456 g/mol. The number of hydrogen-bond acceptors (Lipinski definition) is 4. The molecule has 0 aliphatic heterocycles. The van der Waals surface area contributed by atoms with Gasteiger partial charge in [0.2, 0.25) is 5.91 Å². The fraction of sp³-hybridized carbons (Fsp3) is 0.536. The maximum atomic E-state index is 13.7. The van der Waals surface area contributed by atoms with E-state index in [0.29, 0.717) is 19.5 Å². The van der Waals surface area contributed by atoms with Crippen LogP contribution in [0.5, 0.6) is 0 Å². The van der Waals surface area contributed by atoms with Crippen molar-refractivity contribution >= 4 is 17.9 Å². The van der Waals surface area contributed by atoms with Gasteiger partial charge in [-0.2, -0.15) is 0 Å². The van der Waals surface area contributed by atoms with Gasteiger partial charge in [0.15, 0.2) is 0 Å². The lowest BCUT2D eigenvalue weighted by Gasteiger charge is -2.36. The molecule has 0 bridgehead atoms. The average molecular weight is 497 g/mol. The average Bonchev–Trinajstić information content (AvgIpc) is 3.33. The number of nitrogens with one attached hydrogen (secondary N) is 1. The van der Waals surface area contributed by atoms with Crippen LogP contribution in [0, 0.1) is 0 Å². The first-order chi connectivity index (χ1) is 17.5. The van der Waals surface area contributed by atoms with Gasteiger partial charge in [-0.05, 0) is 43.9 Å². The zero-order valence-electron chi connectivity index (χ0n) is 21.7. The van der Waals surface area contributed by atoms with Crippen LogP contribution >= 0.6 is 0 Å². The number of carbonyl (C=O) groups is 3. The third-order valence-corrected chi connectivity index (χ3v) is 6.58. The standard InChI is InChI=1S/C28H40N4O4/c1-3-17-31(28(35)29-19-27(34)36-4-2)22-26(33)32(24-14-9-6-10-15-24)21-25-16-11-18-30(25)20-23-12-7-5-8-13-23/h5,7-8,11-13,16,18,24H,3-4,6,9-10,14-15,17,19-22H2,1-2H3,(H,29,35). The van der Waals surface area contributed by atoms with Crippen molar-refractivity contribution in [2.24, 2.45) is 0 Å². The van der Waals surface area contributed by atoms with Crippen LogP contribution in [0.1, 0.15) is 63.6 Å². The number of hydrogen-bond donors (Lipinski definition) is 1. The molecule has 1 heterocycles. The highest BCUT2D eigenvalue weighted by molar-refractivity contribution is 5.86. The van der Waals surface area contributed by atoms with Gasteiger partial charge in [-0.3, -0.25) is 9.59 Å². The number of carbonyl (C=O) groups excluding carboxylic acids is 3. The van der Waals surface area contributed by atoms with E-state index in [9.17, 15) is 14.4 Å². The summed E-state index contributed by atoms with van der Waals surface area (Å²) in [6.07, 6.45) is 8.14. The minimum atomic E-state index is -0.489. The summed E-state index contributed by atoms with van der Waals surface area (Å²) in [5, 5.41) is 2.60. The number of rotatable bonds is 12. The van der Waals surface area contributed by atoms with E-state index in [0.717, 1.165) is 37.9 Å². The summed E-state index contributed by atoms with van der Waals surface area (Å²) in [6, 6.07) is 14.1. The number of benzene rings is 1. The van der Waals surface area contributed by atoms with Crippen LogP contribution < -0.4 is 5.32 Å². The van der Waals surface area contributed by atoms with E-state index in [1.54, 1.807) is 6.92 Å². The molecule has 0 saturated heterocycles. The molecule has 8 heteroatoms. The first-order valence-electron chi connectivity index (χ1n) is 13.2. The van der Waals surface area contributed by atoms with Crippen molar-refractivity contribution in [3.8, 4) is 0 Å². The molecule has 2 aromatic rings. The second kappa shape index (κ2) is 14.3. The largest absolute Gasteiger partial charge is 0.465 e. The van der Waals surface area contributed by atoms with E-state index in [2.05, 4.69) is 34.3 Å². The van der Waals surface area contributed by atoms with E-state index in [-0.39, 0.29) is 31.6 Å².